The van der Waals surface area contributed by atoms with Crippen LogP contribution in [0.3, 0.4) is 0 Å². The monoisotopic (exact) mass is 190 g/mol. The number of hydrogen-bond donors (Lipinski definition) is 2. The summed E-state index contributed by atoms with van der Waals surface area (Å²) in [4.78, 5) is 3.93. The van der Waals surface area contributed by atoms with Crippen LogP contribution in [0.4, 0.5) is 0 Å². The van der Waals surface area contributed by atoms with E-state index < -0.39 is 0 Å². The molecule has 1 atom stereocenters. The largest absolute Gasteiger partial charge is 0.447 e. The summed E-state index contributed by atoms with van der Waals surface area (Å²) < 4.78 is 0. The van der Waals surface area contributed by atoms with Gasteiger partial charge in [-0.25, -0.2) is 4.98 Å². The zero-order valence-corrected chi connectivity index (χ0v) is 8.37. The topological polar surface area (TPSA) is 59.1 Å². The Morgan fingerprint density at radius 1 is 1.91 bits per heavy atom. The SMILES string of the molecule is CB(O)P.NCc1nccs1. The summed E-state index contributed by atoms with van der Waals surface area (Å²) in [6.45, 7) is 2.00. The van der Waals surface area contributed by atoms with Crippen molar-refractivity contribution < 1.29 is 5.02 Å². The maximum atomic E-state index is 8.02. The highest BCUT2D eigenvalue weighted by Crippen LogP contribution is 2.00. The van der Waals surface area contributed by atoms with Crippen LogP contribution in [0.2, 0.25) is 6.82 Å². The van der Waals surface area contributed by atoms with Gasteiger partial charge in [-0.05, 0) is 0 Å². The molecule has 6 heteroatoms. The normalized spacial score (nSPS) is 8.36. The van der Waals surface area contributed by atoms with Gasteiger partial charge in [0.25, 0.3) is 0 Å². The molecule has 0 saturated carbocycles. The van der Waals surface area contributed by atoms with Gasteiger partial charge >= 0.3 is 6.64 Å². The van der Waals surface area contributed by atoms with E-state index in [1.807, 2.05) is 5.38 Å². The van der Waals surface area contributed by atoms with Crippen LogP contribution in [0.25, 0.3) is 0 Å². The lowest BCUT2D eigenvalue weighted by Gasteiger charge is -1.78. The molecule has 0 aromatic carbocycles. The Kier molecular flexibility index (Phi) is 6.76. The van der Waals surface area contributed by atoms with Crippen LogP contribution in [0.5, 0.6) is 0 Å². The molecule has 0 aliphatic heterocycles. The van der Waals surface area contributed by atoms with Crippen LogP contribution in [0.1, 0.15) is 5.01 Å². The molecule has 3 N–H and O–H groups in total. The third-order valence-corrected chi connectivity index (χ3v) is 1.46. The van der Waals surface area contributed by atoms with Crippen LogP contribution in [0.15, 0.2) is 11.6 Å². The molecule has 1 unspecified atom stereocenters. The van der Waals surface area contributed by atoms with Crippen molar-refractivity contribution in [2.45, 2.75) is 13.4 Å². The predicted molar refractivity (Wildman–Crippen MR) is 53.6 cm³/mol. The van der Waals surface area contributed by atoms with E-state index in [-0.39, 0.29) is 6.64 Å². The van der Waals surface area contributed by atoms with Crippen molar-refractivity contribution in [3.05, 3.63) is 16.6 Å². The Morgan fingerprint density at radius 3 is 2.64 bits per heavy atom. The van der Waals surface area contributed by atoms with Gasteiger partial charge < -0.3 is 10.8 Å². The lowest BCUT2D eigenvalue weighted by Crippen LogP contribution is -1.93. The van der Waals surface area contributed by atoms with Crippen molar-refractivity contribution in [2.24, 2.45) is 5.73 Å². The molecule has 0 fully saturated rings. The van der Waals surface area contributed by atoms with Gasteiger partial charge in [0.05, 0.1) is 0 Å². The van der Waals surface area contributed by atoms with Crippen molar-refractivity contribution in [2.75, 3.05) is 0 Å². The van der Waals surface area contributed by atoms with Crippen molar-refractivity contribution >= 4 is 27.1 Å². The average molecular weight is 190 g/mol. The molecular formula is C5H12BN2OPS. The second-order valence-corrected chi connectivity index (χ2v) is 3.81. The van der Waals surface area contributed by atoms with Crippen molar-refractivity contribution in [1.29, 1.82) is 0 Å². The summed E-state index contributed by atoms with van der Waals surface area (Å²) in [6.07, 6.45) is 1.76. The minimum Gasteiger partial charge on any atom is -0.447 e. The first-order valence-electron chi connectivity index (χ1n) is 3.19. The summed E-state index contributed by atoms with van der Waals surface area (Å²) in [5.74, 6) is 0. The fraction of sp³-hybridized carbons (Fsp3) is 0.400. The highest BCUT2D eigenvalue weighted by Gasteiger charge is 1.84. The Bertz CT molecular complexity index is 168. The van der Waals surface area contributed by atoms with Gasteiger partial charge in [-0.15, -0.1) is 20.5 Å². The molecule has 0 saturated heterocycles. The molecular weight excluding hydrogens is 178 g/mol. The van der Waals surface area contributed by atoms with E-state index in [4.69, 9.17) is 10.8 Å². The van der Waals surface area contributed by atoms with Crippen molar-refractivity contribution in [3.8, 4) is 0 Å². The molecule has 0 radical (unpaired) electrons. The number of aromatic nitrogens is 1. The average Bonchev–Trinajstić information content (AvgIpc) is 2.36. The molecule has 0 aliphatic rings. The van der Waals surface area contributed by atoms with Gasteiger partial charge in [0, 0.05) is 18.1 Å². The molecule has 62 valence electrons. The molecule has 1 aromatic rings. The van der Waals surface area contributed by atoms with E-state index in [0.29, 0.717) is 6.54 Å². The fourth-order valence-electron chi connectivity index (χ4n) is 0.354. The van der Waals surface area contributed by atoms with Crippen molar-refractivity contribution in [1.82, 2.24) is 4.98 Å². The Hall–Kier alpha value is 0.0449. The molecule has 1 aromatic heterocycles. The smallest absolute Gasteiger partial charge is 0.308 e. The standard InChI is InChI=1S/C4H6N2S.CH6BOP/c5-3-4-6-1-2-7-4;1-2(3)4/h1-2H,3,5H2;3H,4H2,1H3. The van der Waals surface area contributed by atoms with Gasteiger partial charge in [0.15, 0.2) is 0 Å². The van der Waals surface area contributed by atoms with Gasteiger partial charge in [0.1, 0.15) is 5.01 Å². The fourth-order valence-corrected chi connectivity index (χ4v) is 0.851. The third-order valence-electron chi connectivity index (χ3n) is 0.658. The first-order chi connectivity index (χ1) is 5.16. The number of nitrogens with zero attached hydrogens (tertiary/aromatic N) is 1. The van der Waals surface area contributed by atoms with Crippen molar-refractivity contribution in [3.63, 3.8) is 0 Å². The number of rotatable bonds is 1. The Morgan fingerprint density at radius 2 is 2.45 bits per heavy atom. The van der Waals surface area contributed by atoms with Gasteiger partial charge in [-0.1, -0.05) is 6.82 Å². The van der Waals surface area contributed by atoms with Crippen LogP contribution in [-0.4, -0.2) is 16.6 Å². The van der Waals surface area contributed by atoms with E-state index in [1.54, 1.807) is 24.4 Å². The molecule has 0 amide bonds. The van der Waals surface area contributed by atoms with E-state index in [0.717, 1.165) is 5.01 Å². The van der Waals surface area contributed by atoms with E-state index in [2.05, 4.69) is 14.1 Å². The number of hydrogen-bond acceptors (Lipinski definition) is 4. The van der Waals surface area contributed by atoms with E-state index >= 15 is 0 Å². The highest BCUT2D eigenvalue weighted by atomic mass is 32.1. The first kappa shape index (κ1) is 11.0. The maximum absolute atomic E-state index is 8.02. The maximum Gasteiger partial charge on any atom is 0.308 e. The lowest BCUT2D eigenvalue weighted by atomic mass is 10.1. The minimum atomic E-state index is -0.250. The summed E-state index contributed by atoms with van der Waals surface area (Å²) in [5, 5.41) is 10.9. The number of thiazole rings is 1. The molecule has 11 heavy (non-hydrogen) atoms. The van der Waals surface area contributed by atoms with E-state index in [9.17, 15) is 0 Å². The molecule has 0 bridgehead atoms. The first-order valence-corrected chi connectivity index (χ1v) is 4.73. The summed E-state index contributed by atoms with van der Waals surface area (Å²) in [6, 6.07) is 0. The molecule has 3 nitrogen and oxygen atoms in total. The second-order valence-electron chi connectivity index (χ2n) is 1.87. The Balaban J connectivity index is 0.000000218. The highest BCUT2D eigenvalue weighted by molar-refractivity contribution is 7.59. The van der Waals surface area contributed by atoms with Gasteiger partial charge in [-0.2, -0.15) is 0 Å². The van der Waals surface area contributed by atoms with Crippen LogP contribution >= 0.6 is 20.5 Å². The molecule has 0 spiro atoms. The number of nitrogens with two attached hydrogens (primary N) is 1. The summed E-state index contributed by atoms with van der Waals surface area (Å²) in [7, 11) is 2.21. The molecule has 1 rings (SSSR count). The van der Waals surface area contributed by atoms with E-state index in [1.165, 1.54) is 0 Å². The predicted octanol–water partition coefficient (Wildman–Crippen LogP) is 0.574. The van der Waals surface area contributed by atoms with Crippen LogP contribution in [-0.2, 0) is 6.54 Å². The quantitative estimate of drug-likeness (QED) is 0.502. The summed E-state index contributed by atoms with van der Waals surface area (Å²) >= 11 is 1.59. The zero-order valence-electron chi connectivity index (χ0n) is 6.40. The van der Waals surface area contributed by atoms with Gasteiger partial charge in [0.2, 0.25) is 0 Å². The van der Waals surface area contributed by atoms with Crippen LogP contribution < -0.4 is 5.73 Å². The third kappa shape index (κ3) is 7.95. The summed E-state index contributed by atoms with van der Waals surface area (Å²) in [5.41, 5.74) is 5.24. The minimum absolute atomic E-state index is 0.250. The second kappa shape index (κ2) is 6.74. The molecule has 0 aliphatic carbocycles. The molecule has 1 heterocycles. The Labute approximate surface area is 73.3 Å². The lowest BCUT2D eigenvalue weighted by molar-refractivity contribution is 0.603. The van der Waals surface area contributed by atoms with Crippen LogP contribution in [0, 0.1) is 0 Å². The van der Waals surface area contributed by atoms with Gasteiger partial charge in [-0.3, -0.25) is 0 Å². The zero-order chi connectivity index (χ0) is 8.69.